The Hall–Kier alpha value is -1.46. The van der Waals surface area contributed by atoms with Gasteiger partial charge in [0.1, 0.15) is 12.4 Å². The number of nitrogens with two attached hydrogens (primary N) is 1. The van der Waals surface area contributed by atoms with Crippen molar-refractivity contribution in [2.45, 2.75) is 123 Å². The van der Waals surface area contributed by atoms with Crippen molar-refractivity contribution in [3.05, 3.63) is 24.6 Å². The highest BCUT2D eigenvalue weighted by Crippen LogP contribution is 2.23. The molecule has 3 N–H and O–H groups in total. The summed E-state index contributed by atoms with van der Waals surface area (Å²) in [6.45, 7) is 4.03. The second kappa shape index (κ2) is 17.1. The number of allylic oxidation sites excluding steroid dienone is 2. The molecule has 1 aliphatic rings. The van der Waals surface area contributed by atoms with Crippen molar-refractivity contribution in [2.24, 2.45) is 10.7 Å². The number of hydrogen-bond donors (Lipinski definition) is 2. The summed E-state index contributed by atoms with van der Waals surface area (Å²) in [5.74, 6) is 0.0613. The quantitative estimate of drug-likeness (QED) is 0.124. The molecular weight excluding hydrogens is 386 g/mol. The van der Waals surface area contributed by atoms with E-state index in [0.29, 0.717) is 0 Å². The minimum absolute atomic E-state index is 0.0245. The van der Waals surface area contributed by atoms with Gasteiger partial charge in [0.25, 0.3) is 0 Å². The predicted octanol–water partition coefficient (Wildman–Crippen LogP) is 6.89. The zero-order valence-electron chi connectivity index (χ0n) is 20.2. The molecule has 0 radical (unpaired) electrons. The smallest absolute Gasteiger partial charge is 0.360 e. The second-order valence-corrected chi connectivity index (χ2v) is 9.08. The third-order valence-electron chi connectivity index (χ3n) is 6.33. The van der Waals surface area contributed by atoms with Crippen molar-refractivity contribution in [3.8, 4) is 0 Å². The van der Waals surface area contributed by atoms with Crippen LogP contribution in [0.25, 0.3) is 0 Å². The Kier molecular flexibility index (Phi) is 15.2. The van der Waals surface area contributed by atoms with Gasteiger partial charge in [-0.05, 0) is 25.7 Å². The van der Waals surface area contributed by atoms with Gasteiger partial charge in [-0.3, -0.25) is 5.73 Å². The molecule has 0 aliphatic carbocycles. The van der Waals surface area contributed by atoms with E-state index in [-0.39, 0.29) is 17.2 Å². The Morgan fingerprint density at radius 1 is 0.968 bits per heavy atom. The van der Waals surface area contributed by atoms with Crippen molar-refractivity contribution >= 4 is 11.8 Å². The van der Waals surface area contributed by atoms with Gasteiger partial charge in [-0.25, -0.2) is 14.3 Å². The lowest BCUT2D eigenvalue weighted by molar-refractivity contribution is -0.805. The van der Waals surface area contributed by atoms with Crippen molar-refractivity contribution in [1.82, 2.24) is 0 Å². The van der Waals surface area contributed by atoms with E-state index in [0.717, 1.165) is 25.1 Å². The number of hydrogen-bond acceptors (Lipinski definition) is 3. The van der Waals surface area contributed by atoms with E-state index in [2.05, 4.69) is 24.1 Å². The molecule has 5 heteroatoms. The molecule has 0 saturated heterocycles. The minimum atomic E-state index is -0.837. The molecule has 0 aromatic rings. The fourth-order valence-electron chi connectivity index (χ4n) is 4.36. The summed E-state index contributed by atoms with van der Waals surface area (Å²) in [5, 5.41) is 9.26. The van der Waals surface area contributed by atoms with Crippen LogP contribution in [0.2, 0.25) is 0 Å². The molecule has 1 rings (SSSR count). The van der Waals surface area contributed by atoms with Gasteiger partial charge in [-0.15, -0.1) is 0 Å². The Bertz CT molecular complexity index is 569. The predicted molar refractivity (Wildman–Crippen MR) is 132 cm³/mol. The van der Waals surface area contributed by atoms with Crippen molar-refractivity contribution in [3.63, 3.8) is 0 Å². The van der Waals surface area contributed by atoms with E-state index < -0.39 is 5.97 Å². The van der Waals surface area contributed by atoms with Gasteiger partial charge in [-0.2, -0.15) is 0 Å². The van der Waals surface area contributed by atoms with Crippen LogP contribution in [0, 0.1) is 0 Å². The third-order valence-corrected chi connectivity index (χ3v) is 6.33. The highest BCUT2D eigenvalue weighted by molar-refractivity contribution is 5.81. The zero-order chi connectivity index (χ0) is 22.8. The Morgan fingerprint density at radius 2 is 1.48 bits per heavy atom. The molecule has 2 atom stereocenters. The summed E-state index contributed by atoms with van der Waals surface area (Å²) >= 11 is 0. The van der Waals surface area contributed by atoms with E-state index in [9.17, 15) is 9.90 Å². The van der Waals surface area contributed by atoms with Crippen LogP contribution in [0.3, 0.4) is 0 Å². The molecule has 0 saturated carbocycles. The number of carbonyl (C=O) groups is 1. The van der Waals surface area contributed by atoms with Gasteiger partial charge in [0.15, 0.2) is 6.54 Å². The summed E-state index contributed by atoms with van der Waals surface area (Å²) < 4.78 is 0.172. The summed E-state index contributed by atoms with van der Waals surface area (Å²) in [7, 11) is 0. The van der Waals surface area contributed by atoms with Crippen molar-refractivity contribution in [2.75, 3.05) is 6.54 Å². The largest absolute Gasteiger partial charge is 0.477 e. The van der Waals surface area contributed by atoms with Crippen LogP contribution in [0.1, 0.15) is 117 Å². The first-order valence-corrected chi connectivity index (χ1v) is 12.8. The number of nitrogens with zero attached hydrogens (tertiary/aromatic N) is 2. The van der Waals surface area contributed by atoms with E-state index in [1.165, 1.54) is 83.5 Å². The van der Waals surface area contributed by atoms with Gasteiger partial charge in [0, 0.05) is 13.3 Å². The Balaban J connectivity index is 1.96. The van der Waals surface area contributed by atoms with Gasteiger partial charge in [0.05, 0.1) is 6.20 Å². The number of aliphatic imine (C=N–C) groups is 1. The van der Waals surface area contributed by atoms with Crippen LogP contribution < -0.4 is 5.73 Å². The molecule has 178 valence electrons. The second-order valence-electron chi connectivity index (χ2n) is 9.08. The number of aliphatic carboxylic acids is 1. The Labute approximate surface area is 191 Å². The average molecular weight is 435 g/mol. The lowest BCUT2D eigenvalue weighted by atomic mass is 10.0. The highest BCUT2D eigenvalue weighted by atomic mass is 16.4. The fraction of sp³-hybridized carbons (Fsp3) is 0.769. The van der Waals surface area contributed by atoms with Gasteiger partial charge in [-0.1, -0.05) is 89.7 Å². The first-order valence-electron chi connectivity index (χ1n) is 12.8. The molecule has 1 aliphatic heterocycles. The monoisotopic (exact) mass is 434 g/mol. The van der Waals surface area contributed by atoms with Crippen LogP contribution in [-0.4, -0.2) is 34.1 Å². The number of amidine groups is 1. The van der Waals surface area contributed by atoms with Crippen LogP contribution in [0.5, 0.6) is 0 Å². The topological polar surface area (TPSA) is 75.7 Å². The van der Waals surface area contributed by atoms with Crippen LogP contribution in [-0.2, 0) is 4.79 Å². The van der Waals surface area contributed by atoms with Crippen LogP contribution in [0.15, 0.2) is 29.5 Å². The number of unbranched alkanes of at least 4 members (excludes halogenated alkanes) is 13. The fourth-order valence-corrected chi connectivity index (χ4v) is 4.36. The third kappa shape index (κ3) is 11.6. The van der Waals surface area contributed by atoms with Crippen LogP contribution >= 0.6 is 0 Å². The van der Waals surface area contributed by atoms with Crippen LogP contribution in [0.4, 0.5) is 0 Å². The molecule has 0 aromatic carbocycles. The zero-order valence-corrected chi connectivity index (χ0v) is 20.2. The summed E-state index contributed by atoms with van der Waals surface area (Å²) in [5.41, 5.74) is 6.11. The number of rotatable bonds is 20. The molecular formula is C26H48N3O2+. The molecule has 5 nitrogen and oxygen atoms in total. The highest BCUT2D eigenvalue weighted by Gasteiger charge is 2.40. The van der Waals surface area contributed by atoms with Crippen molar-refractivity contribution < 1.29 is 14.4 Å². The van der Waals surface area contributed by atoms with Crippen molar-refractivity contribution in [1.29, 1.82) is 0 Å². The maximum atomic E-state index is 11.3. The molecule has 0 spiro atoms. The van der Waals surface area contributed by atoms with Gasteiger partial charge >= 0.3 is 5.97 Å². The van der Waals surface area contributed by atoms with E-state index >= 15 is 0 Å². The molecule has 2 unspecified atom stereocenters. The first-order chi connectivity index (χ1) is 15.0. The number of quaternary nitrogens is 1. The first kappa shape index (κ1) is 27.6. The molecule has 0 amide bonds. The number of carboxylic acid groups (broad SMARTS) is 1. The SMILES string of the molecule is CC/C=C/CCCCCCCCCCCCCCCC1=NC=C[N+]1(CC(=O)O)C(C)N. The molecule has 0 aromatic heterocycles. The maximum absolute atomic E-state index is 11.3. The minimum Gasteiger partial charge on any atom is -0.477 e. The molecule has 0 fully saturated rings. The Morgan fingerprint density at radius 3 is 1.97 bits per heavy atom. The molecule has 0 bridgehead atoms. The van der Waals surface area contributed by atoms with E-state index in [1.54, 1.807) is 6.20 Å². The van der Waals surface area contributed by atoms with Gasteiger partial charge < -0.3 is 5.11 Å². The summed E-state index contributed by atoms with van der Waals surface area (Å²) in [6.07, 6.45) is 28.3. The number of carboxylic acids is 1. The average Bonchev–Trinajstić information content (AvgIpc) is 3.13. The molecule has 1 heterocycles. The molecule has 31 heavy (non-hydrogen) atoms. The lowest BCUT2D eigenvalue weighted by Gasteiger charge is -2.34. The van der Waals surface area contributed by atoms with E-state index in [4.69, 9.17) is 5.73 Å². The van der Waals surface area contributed by atoms with E-state index in [1.807, 2.05) is 13.1 Å². The lowest BCUT2D eigenvalue weighted by Crippen LogP contribution is -2.59. The summed E-state index contributed by atoms with van der Waals surface area (Å²) in [4.78, 5) is 15.7. The summed E-state index contributed by atoms with van der Waals surface area (Å²) in [6, 6.07) is 0. The normalized spacial score (nSPS) is 19.3. The standard InChI is InChI=1S/C26H47N3O2/c1-3-4-5-6-7-8-9-10-11-12-13-14-15-16-17-18-19-20-25-28-21-22-29(25,24(2)27)23-26(30)31/h4-5,21-22,24H,3,6-20,23,27H2,1-2H3/p+1/b5-4+. The van der Waals surface area contributed by atoms with Gasteiger partial charge in [0.2, 0.25) is 5.84 Å². The maximum Gasteiger partial charge on any atom is 0.360 e.